The molecule has 0 unspecified atom stereocenters. The Labute approximate surface area is 198 Å². The zero-order chi connectivity index (χ0) is 25.8. The summed E-state index contributed by atoms with van der Waals surface area (Å²) in [5.41, 5.74) is 2.16. The molecule has 0 radical (unpaired) electrons. The van der Waals surface area contributed by atoms with Gasteiger partial charge in [-0.3, -0.25) is 0 Å². The third-order valence-electron chi connectivity index (χ3n) is 4.74. The van der Waals surface area contributed by atoms with Crippen LogP contribution in [0.25, 0.3) is 0 Å². The van der Waals surface area contributed by atoms with Crippen LogP contribution in [0.1, 0.15) is 81.1 Å². The van der Waals surface area contributed by atoms with Gasteiger partial charge in [0, 0.05) is 12.8 Å². The molecule has 0 atom stereocenters. The van der Waals surface area contributed by atoms with Gasteiger partial charge in [-0.05, 0) is 43.6 Å². The van der Waals surface area contributed by atoms with Gasteiger partial charge in [-0.2, -0.15) is 0 Å². The van der Waals surface area contributed by atoms with Crippen LogP contribution in [0.15, 0.2) is 85.7 Å². The summed E-state index contributed by atoms with van der Waals surface area (Å²) >= 11 is 0. The third kappa shape index (κ3) is 13.4. The molecular formula is C28H47O3P. The van der Waals surface area contributed by atoms with Crippen LogP contribution in [0.3, 0.4) is 0 Å². The van der Waals surface area contributed by atoms with E-state index in [0.717, 1.165) is 11.1 Å². The first kappa shape index (κ1) is 32.2. The summed E-state index contributed by atoms with van der Waals surface area (Å²) in [6, 6.07) is 0. The molecule has 0 saturated heterocycles. The fourth-order valence-electron chi connectivity index (χ4n) is 2.18. The van der Waals surface area contributed by atoms with Gasteiger partial charge in [0.25, 0.3) is 0 Å². The molecule has 32 heavy (non-hydrogen) atoms. The van der Waals surface area contributed by atoms with Crippen molar-refractivity contribution in [1.29, 1.82) is 0 Å². The van der Waals surface area contributed by atoms with Gasteiger partial charge in [0.2, 0.25) is 0 Å². The second-order valence-corrected chi connectivity index (χ2v) is 11.8. The maximum atomic E-state index is 13.4. The van der Waals surface area contributed by atoms with Crippen molar-refractivity contribution in [2.24, 2.45) is 10.8 Å². The van der Waals surface area contributed by atoms with E-state index in [1.165, 1.54) is 0 Å². The molecule has 0 spiro atoms. The smallest absolute Gasteiger partial charge is 0.418 e. The number of hydrogen-bond acceptors (Lipinski definition) is 3. The van der Waals surface area contributed by atoms with Crippen LogP contribution in [0.2, 0.25) is 0 Å². The van der Waals surface area contributed by atoms with Gasteiger partial charge in [0.15, 0.2) is 0 Å². The van der Waals surface area contributed by atoms with Crippen molar-refractivity contribution in [2.75, 3.05) is 0 Å². The van der Waals surface area contributed by atoms with Crippen LogP contribution < -0.4 is 0 Å². The molecule has 3 nitrogen and oxygen atoms in total. The molecule has 0 rings (SSSR count). The normalized spacial score (nSPS) is 11.8. The average Bonchev–Trinajstić information content (AvgIpc) is 2.63. The molecule has 0 aromatic rings. The Morgan fingerprint density at radius 1 is 0.750 bits per heavy atom. The highest BCUT2D eigenvalue weighted by molar-refractivity contribution is 7.59. The van der Waals surface area contributed by atoms with E-state index in [-0.39, 0.29) is 16.1 Å². The molecule has 0 aromatic carbocycles. The molecule has 0 amide bonds. The van der Waals surface area contributed by atoms with Crippen LogP contribution >= 0.6 is 7.60 Å². The van der Waals surface area contributed by atoms with E-state index in [0.29, 0.717) is 37.2 Å². The molecule has 0 heterocycles. The fourth-order valence-corrected chi connectivity index (χ4v) is 3.65. The summed E-state index contributed by atoms with van der Waals surface area (Å²) in [7, 11) is -3.68. The molecule has 0 N–H and O–H groups in total. The zero-order valence-corrected chi connectivity index (χ0v) is 22.9. The first-order valence-corrected chi connectivity index (χ1v) is 12.6. The quantitative estimate of drug-likeness (QED) is 0.125. The van der Waals surface area contributed by atoms with E-state index >= 15 is 0 Å². The lowest BCUT2D eigenvalue weighted by atomic mass is 9.85. The highest BCUT2D eigenvalue weighted by Gasteiger charge is 2.32. The van der Waals surface area contributed by atoms with E-state index in [4.69, 9.17) is 9.05 Å². The first-order chi connectivity index (χ1) is 14.4. The van der Waals surface area contributed by atoms with E-state index in [9.17, 15) is 4.57 Å². The van der Waals surface area contributed by atoms with Crippen LogP contribution in [-0.2, 0) is 13.6 Å². The van der Waals surface area contributed by atoms with Crippen LogP contribution in [-0.4, -0.2) is 0 Å². The Balaban J connectivity index is 0. The van der Waals surface area contributed by atoms with Gasteiger partial charge in [-0.1, -0.05) is 97.7 Å². The standard InChI is InChI=1S/C25H41O3P.C3H6/c1-13-14-23(6)29(26,27-21(4)17-15-19(2)24(7,8)9)28-22(5)18-16-20(3)25(10,11)12;1-3-2/h13-14H,2-6,15-18H2,1,7-12H3;3H,1H2,2H3/b14-13-;. The molecule has 0 fully saturated rings. The summed E-state index contributed by atoms with van der Waals surface area (Å²) < 4.78 is 24.9. The number of hydrogen-bond donors (Lipinski definition) is 0. The van der Waals surface area contributed by atoms with E-state index in [1.54, 1.807) is 18.2 Å². The van der Waals surface area contributed by atoms with Gasteiger partial charge < -0.3 is 9.05 Å². The lowest BCUT2D eigenvalue weighted by molar-refractivity contribution is 0.284. The highest BCUT2D eigenvalue weighted by atomic mass is 31.2. The second kappa shape index (κ2) is 14.2. The molecule has 0 bridgehead atoms. The maximum absolute atomic E-state index is 13.4. The topological polar surface area (TPSA) is 35.5 Å². The Kier molecular flexibility index (Phi) is 14.3. The molecule has 0 aromatic heterocycles. The Morgan fingerprint density at radius 2 is 1.06 bits per heavy atom. The fraction of sp³-hybridized carbons (Fsp3) is 0.500. The lowest BCUT2D eigenvalue weighted by Crippen LogP contribution is -2.09. The Morgan fingerprint density at radius 3 is 1.31 bits per heavy atom. The van der Waals surface area contributed by atoms with Gasteiger partial charge in [-0.25, -0.2) is 4.57 Å². The van der Waals surface area contributed by atoms with Crippen molar-refractivity contribution in [3.05, 3.63) is 85.7 Å². The molecule has 0 aliphatic rings. The molecule has 182 valence electrons. The van der Waals surface area contributed by atoms with Crippen molar-refractivity contribution in [2.45, 2.75) is 81.1 Å². The summed E-state index contributed by atoms with van der Waals surface area (Å²) in [5, 5.41) is 0.270. The monoisotopic (exact) mass is 462 g/mol. The van der Waals surface area contributed by atoms with Crippen molar-refractivity contribution >= 4 is 7.60 Å². The van der Waals surface area contributed by atoms with Crippen molar-refractivity contribution in [1.82, 2.24) is 0 Å². The summed E-state index contributed by atoms with van der Waals surface area (Å²) in [5.74, 6) is 0.771. The minimum absolute atomic E-state index is 0.00123. The van der Waals surface area contributed by atoms with Gasteiger partial charge >= 0.3 is 7.60 Å². The second-order valence-electron chi connectivity index (χ2n) is 9.86. The lowest BCUT2D eigenvalue weighted by Gasteiger charge is -2.25. The first-order valence-electron chi connectivity index (χ1n) is 11.0. The minimum Gasteiger partial charge on any atom is -0.418 e. The van der Waals surface area contributed by atoms with Gasteiger partial charge in [0.05, 0.1) is 5.31 Å². The van der Waals surface area contributed by atoms with E-state index in [1.807, 2.05) is 13.8 Å². The van der Waals surface area contributed by atoms with Crippen LogP contribution in [0.4, 0.5) is 0 Å². The minimum atomic E-state index is -3.68. The van der Waals surface area contributed by atoms with Gasteiger partial charge in [-0.15, -0.1) is 6.58 Å². The zero-order valence-electron chi connectivity index (χ0n) is 22.0. The maximum Gasteiger partial charge on any atom is 0.461 e. The molecular weight excluding hydrogens is 415 g/mol. The molecule has 4 heteroatoms. The highest BCUT2D eigenvalue weighted by Crippen LogP contribution is 2.59. The molecule has 0 aliphatic heterocycles. The Hall–Kier alpha value is -1.99. The largest absolute Gasteiger partial charge is 0.461 e. The van der Waals surface area contributed by atoms with E-state index < -0.39 is 7.60 Å². The van der Waals surface area contributed by atoms with Crippen molar-refractivity contribution < 1.29 is 13.6 Å². The van der Waals surface area contributed by atoms with Crippen LogP contribution in [0, 0.1) is 10.8 Å². The SMILES string of the molecule is C=C(CCC(=C)C(C)(C)C)OP(=O)(OC(=C)CCC(=C)C(C)(C)C)C(=C)/C=C\C.C=CC. The summed E-state index contributed by atoms with van der Waals surface area (Å²) in [6.07, 6.45) is 7.55. The average molecular weight is 463 g/mol. The number of allylic oxidation sites excluding steroid dienone is 8. The number of rotatable bonds is 12. The predicted octanol–water partition coefficient (Wildman–Crippen LogP) is 10.3. The molecule has 0 aliphatic carbocycles. The van der Waals surface area contributed by atoms with Gasteiger partial charge in [0.1, 0.15) is 11.5 Å². The van der Waals surface area contributed by atoms with Crippen molar-refractivity contribution in [3.63, 3.8) is 0 Å². The summed E-state index contributed by atoms with van der Waals surface area (Å²) in [6.45, 7) is 39.7. The summed E-state index contributed by atoms with van der Waals surface area (Å²) in [4.78, 5) is 0. The Bertz CT molecular complexity index is 719. The predicted molar refractivity (Wildman–Crippen MR) is 144 cm³/mol. The van der Waals surface area contributed by atoms with Crippen LogP contribution in [0.5, 0.6) is 0 Å². The van der Waals surface area contributed by atoms with Crippen molar-refractivity contribution in [3.8, 4) is 0 Å². The third-order valence-corrected chi connectivity index (χ3v) is 6.59. The molecule has 0 saturated carbocycles. The van der Waals surface area contributed by atoms with E-state index in [2.05, 4.69) is 81.0 Å².